The molecule has 0 saturated carbocycles. The van der Waals surface area contributed by atoms with Gasteiger partial charge in [0.2, 0.25) is 11.8 Å². The Hall–Kier alpha value is -3.27. The number of morpholine rings is 1. The Morgan fingerprint density at radius 3 is 2.71 bits per heavy atom. The zero-order valence-electron chi connectivity index (χ0n) is 19.2. The van der Waals surface area contributed by atoms with Gasteiger partial charge in [0.25, 0.3) is 0 Å². The van der Waals surface area contributed by atoms with Crippen molar-refractivity contribution in [1.29, 1.82) is 0 Å². The van der Waals surface area contributed by atoms with Crippen molar-refractivity contribution in [2.75, 3.05) is 51.3 Å². The largest absolute Gasteiger partial charge is 0.461 e. The number of nitrogens with zero attached hydrogens (tertiary/aromatic N) is 6. The minimum Gasteiger partial charge on any atom is -0.461 e. The van der Waals surface area contributed by atoms with Crippen LogP contribution in [0, 0.1) is 0 Å². The molecule has 0 aliphatic carbocycles. The van der Waals surface area contributed by atoms with Crippen molar-refractivity contribution in [1.82, 2.24) is 29.4 Å². The summed E-state index contributed by atoms with van der Waals surface area (Å²) in [4.78, 5) is 14.4. The van der Waals surface area contributed by atoms with Gasteiger partial charge in [-0.1, -0.05) is 24.3 Å². The maximum absolute atomic E-state index is 5.57. The van der Waals surface area contributed by atoms with Gasteiger partial charge in [0.1, 0.15) is 0 Å². The van der Waals surface area contributed by atoms with Crippen molar-refractivity contribution in [3.8, 4) is 11.6 Å². The number of fused-ring (bicyclic) bond motifs is 2. The highest BCUT2D eigenvalue weighted by molar-refractivity contribution is 5.58. The molecule has 2 aliphatic rings. The highest BCUT2D eigenvalue weighted by Gasteiger charge is 2.20. The molecule has 0 atom stereocenters. The molecule has 34 heavy (non-hydrogen) atoms. The van der Waals surface area contributed by atoms with Gasteiger partial charge in [0.15, 0.2) is 11.4 Å². The third-order valence-corrected chi connectivity index (χ3v) is 6.60. The molecule has 1 aromatic carbocycles. The van der Waals surface area contributed by atoms with Gasteiger partial charge in [0, 0.05) is 57.6 Å². The quantitative estimate of drug-likeness (QED) is 0.452. The van der Waals surface area contributed by atoms with Crippen LogP contribution in [0.3, 0.4) is 0 Å². The zero-order chi connectivity index (χ0) is 22.7. The first-order valence-electron chi connectivity index (χ1n) is 11.9. The van der Waals surface area contributed by atoms with Gasteiger partial charge >= 0.3 is 0 Å². The number of nitrogens with one attached hydrogen (secondary N) is 1. The van der Waals surface area contributed by atoms with E-state index in [1.807, 2.05) is 22.8 Å². The summed E-state index contributed by atoms with van der Waals surface area (Å²) in [5.74, 6) is 1.92. The van der Waals surface area contributed by atoms with Crippen LogP contribution in [0.2, 0.25) is 0 Å². The molecule has 1 fully saturated rings. The van der Waals surface area contributed by atoms with Gasteiger partial charge in [-0.3, -0.25) is 9.80 Å². The van der Waals surface area contributed by atoms with Crippen LogP contribution in [-0.2, 0) is 24.2 Å². The predicted molar refractivity (Wildman–Crippen MR) is 128 cm³/mol. The molecule has 4 aromatic rings. The van der Waals surface area contributed by atoms with Crippen LogP contribution < -0.4 is 5.32 Å². The SMILES string of the molecule is c1coc(-c2nc3c(CN4CCc5ccccc5C4)cnc(NCCN4CCOCC4)n3n2)c1. The third-order valence-electron chi connectivity index (χ3n) is 6.60. The van der Waals surface area contributed by atoms with Crippen LogP contribution in [-0.4, -0.2) is 75.3 Å². The molecule has 9 heteroatoms. The van der Waals surface area contributed by atoms with Crippen LogP contribution in [0.5, 0.6) is 0 Å². The molecule has 1 saturated heterocycles. The molecule has 0 bridgehead atoms. The normalized spacial score (nSPS) is 17.2. The number of ether oxygens (including phenoxy) is 1. The van der Waals surface area contributed by atoms with Crippen molar-refractivity contribution in [2.24, 2.45) is 0 Å². The third kappa shape index (κ3) is 4.42. The van der Waals surface area contributed by atoms with E-state index < -0.39 is 0 Å². The van der Waals surface area contributed by atoms with Gasteiger partial charge in [-0.25, -0.2) is 9.97 Å². The lowest BCUT2D eigenvalue weighted by molar-refractivity contribution is 0.0398. The first kappa shape index (κ1) is 21.3. The number of aromatic nitrogens is 4. The summed E-state index contributed by atoms with van der Waals surface area (Å²) in [6, 6.07) is 12.4. The standard InChI is InChI=1S/C25H29N7O2/c1-2-5-20-17-31(9-7-19(20)4-1)18-21-16-27-25(26-8-10-30-11-14-33-15-12-30)32-24(21)28-23(29-32)22-6-3-13-34-22/h1-6,13,16H,7-12,14-15,17-18H2,(H,26,27). The number of hydrogen-bond acceptors (Lipinski definition) is 8. The van der Waals surface area contributed by atoms with E-state index in [9.17, 15) is 0 Å². The van der Waals surface area contributed by atoms with Crippen LogP contribution in [0.1, 0.15) is 16.7 Å². The fourth-order valence-electron chi connectivity index (χ4n) is 4.74. The lowest BCUT2D eigenvalue weighted by Gasteiger charge is -2.28. The van der Waals surface area contributed by atoms with E-state index in [0.717, 1.165) is 76.7 Å². The molecule has 0 amide bonds. The van der Waals surface area contributed by atoms with Crippen molar-refractivity contribution in [2.45, 2.75) is 19.5 Å². The van der Waals surface area contributed by atoms with Gasteiger partial charge in [-0.05, 0) is 29.7 Å². The van der Waals surface area contributed by atoms with Gasteiger partial charge in [-0.2, -0.15) is 4.52 Å². The van der Waals surface area contributed by atoms with Crippen molar-refractivity contribution in [3.63, 3.8) is 0 Å². The summed E-state index contributed by atoms with van der Waals surface area (Å²) >= 11 is 0. The molecule has 3 aromatic heterocycles. The number of furan rings is 1. The number of anilines is 1. The molecule has 9 nitrogen and oxygen atoms in total. The maximum Gasteiger partial charge on any atom is 0.225 e. The van der Waals surface area contributed by atoms with Crippen molar-refractivity contribution < 1.29 is 9.15 Å². The van der Waals surface area contributed by atoms with Gasteiger partial charge < -0.3 is 14.5 Å². The lowest BCUT2D eigenvalue weighted by Crippen LogP contribution is -2.39. The molecule has 6 rings (SSSR count). The van der Waals surface area contributed by atoms with Gasteiger partial charge in [0.05, 0.1) is 19.5 Å². The maximum atomic E-state index is 5.57. The summed E-state index contributed by atoms with van der Waals surface area (Å²) < 4.78 is 12.8. The summed E-state index contributed by atoms with van der Waals surface area (Å²) in [6.45, 7) is 7.96. The topological polar surface area (TPSA) is 84.0 Å². The van der Waals surface area contributed by atoms with E-state index >= 15 is 0 Å². The summed E-state index contributed by atoms with van der Waals surface area (Å²) in [7, 11) is 0. The van der Waals surface area contributed by atoms with E-state index in [1.54, 1.807) is 6.26 Å². The Labute approximate surface area is 198 Å². The number of benzene rings is 1. The van der Waals surface area contributed by atoms with Crippen LogP contribution >= 0.6 is 0 Å². The predicted octanol–water partition coefficient (Wildman–Crippen LogP) is 2.69. The van der Waals surface area contributed by atoms with E-state index in [1.165, 1.54) is 11.1 Å². The fourth-order valence-corrected chi connectivity index (χ4v) is 4.74. The van der Waals surface area contributed by atoms with Crippen LogP contribution in [0.25, 0.3) is 17.2 Å². The molecule has 5 heterocycles. The van der Waals surface area contributed by atoms with E-state index in [-0.39, 0.29) is 0 Å². The molecule has 0 radical (unpaired) electrons. The summed E-state index contributed by atoms with van der Waals surface area (Å²) in [5.41, 5.74) is 4.72. The highest BCUT2D eigenvalue weighted by Crippen LogP contribution is 2.24. The van der Waals surface area contributed by atoms with Crippen LogP contribution in [0.15, 0.2) is 53.3 Å². The average Bonchev–Trinajstić information content (AvgIpc) is 3.57. The number of rotatable bonds is 7. The first-order valence-corrected chi connectivity index (χ1v) is 11.9. The second kappa shape index (κ2) is 9.54. The average molecular weight is 460 g/mol. The Morgan fingerprint density at radius 2 is 1.85 bits per heavy atom. The fraction of sp³-hybridized carbons (Fsp3) is 0.400. The van der Waals surface area contributed by atoms with Crippen molar-refractivity contribution in [3.05, 3.63) is 65.5 Å². The molecule has 1 N–H and O–H groups in total. The van der Waals surface area contributed by atoms with E-state index in [2.05, 4.69) is 39.4 Å². The van der Waals surface area contributed by atoms with Gasteiger partial charge in [-0.15, -0.1) is 5.10 Å². The highest BCUT2D eigenvalue weighted by atomic mass is 16.5. The summed E-state index contributed by atoms with van der Waals surface area (Å²) in [5, 5.41) is 8.21. The Kier molecular flexibility index (Phi) is 5.97. The molecular formula is C25H29N7O2. The number of hydrogen-bond donors (Lipinski definition) is 1. The van der Waals surface area contributed by atoms with Crippen molar-refractivity contribution >= 4 is 11.6 Å². The minimum absolute atomic E-state index is 0.569. The second-order valence-electron chi connectivity index (χ2n) is 8.87. The first-order chi connectivity index (χ1) is 16.8. The Morgan fingerprint density at radius 1 is 0.971 bits per heavy atom. The monoisotopic (exact) mass is 459 g/mol. The lowest BCUT2D eigenvalue weighted by atomic mass is 10.00. The molecule has 176 valence electrons. The minimum atomic E-state index is 0.569. The smallest absolute Gasteiger partial charge is 0.225 e. The zero-order valence-corrected chi connectivity index (χ0v) is 19.2. The van der Waals surface area contributed by atoms with Crippen LogP contribution in [0.4, 0.5) is 5.95 Å². The second-order valence-corrected chi connectivity index (χ2v) is 8.87. The Bertz CT molecular complexity index is 1250. The molecule has 0 spiro atoms. The molecule has 0 unspecified atom stereocenters. The summed E-state index contributed by atoms with van der Waals surface area (Å²) in [6.07, 6.45) is 4.64. The molecule has 2 aliphatic heterocycles. The van der Waals surface area contributed by atoms with E-state index in [4.69, 9.17) is 24.2 Å². The molecular weight excluding hydrogens is 430 g/mol. The Balaban J connectivity index is 1.25. The van der Waals surface area contributed by atoms with E-state index in [0.29, 0.717) is 17.5 Å².